The van der Waals surface area contributed by atoms with E-state index in [2.05, 4.69) is 15.5 Å². The van der Waals surface area contributed by atoms with Crippen LogP contribution in [-0.4, -0.2) is 28.7 Å². The summed E-state index contributed by atoms with van der Waals surface area (Å²) in [6, 6.07) is 7.25. The van der Waals surface area contributed by atoms with Crippen LogP contribution in [0.25, 0.3) is 0 Å². The first-order valence-electron chi connectivity index (χ1n) is 6.94. The molecule has 1 aromatic carbocycles. The van der Waals surface area contributed by atoms with Gasteiger partial charge in [0.15, 0.2) is 0 Å². The lowest BCUT2D eigenvalue weighted by molar-refractivity contribution is -0.118. The molecule has 110 valence electrons. The van der Waals surface area contributed by atoms with E-state index >= 15 is 0 Å². The highest BCUT2D eigenvalue weighted by Gasteiger charge is 2.32. The smallest absolute Gasteiger partial charge is 0.244 e. The monoisotopic (exact) mass is 304 g/mol. The number of hydrogen-bond donors (Lipinski definition) is 2. The van der Waals surface area contributed by atoms with Crippen molar-refractivity contribution in [2.75, 3.05) is 11.4 Å². The number of aryl methyl sites for hydroxylation is 1. The maximum atomic E-state index is 12.5. The van der Waals surface area contributed by atoms with Gasteiger partial charge in [-0.1, -0.05) is 17.7 Å². The van der Waals surface area contributed by atoms with E-state index in [0.717, 1.165) is 23.4 Å². The Labute approximate surface area is 128 Å². The Bertz CT molecular complexity index is 655. The van der Waals surface area contributed by atoms with Gasteiger partial charge < -0.3 is 10.2 Å². The average molecular weight is 305 g/mol. The van der Waals surface area contributed by atoms with E-state index in [1.54, 1.807) is 11.1 Å². The van der Waals surface area contributed by atoms with Crippen molar-refractivity contribution in [3.8, 4) is 0 Å². The van der Waals surface area contributed by atoms with Gasteiger partial charge >= 0.3 is 0 Å². The Morgan fingerprint density at radius 2 is 2.38 bits per heavy atom. The molecule has 2 aromatic rings. The lowest BCUT2D eigenvalue weighted by atomic mass is 10.2. The van der Waals surface area contributed by atoms with Crippen LogP contribution in [0.1, 0.15) is 17.7 Å². The van der Waals surface area contributed by atoms with Gasteiger partial charge in [0.1, 0.15) is 0 Å². The van der Waals surface area contributed by atoms with Crippen LogP contribution in [0.3, 0.4) is 0 Å². The van der Waals surface area contributed by atoms with Gasteiger partial charge in [-0.2, -0.15) is 5.10 Å². The van der Waals surface area contributed by atoms with Crippen molar-refractivity contribution >= 4 is 23.2 Å². The average Bonchev–Trinajstić information content (AvgIpc) is 3.03. The van der Waals surface area contributed by atoms with Crippen LogP contribution in [0.2, 0.25) is 5.02 Å². The molecule has 0 aliphatic carbocycles. The molecule has 1 atom stereocenters. The number of H-pyrrole nitrogens is 1. The Hall–Kier alpha value is -1.85. The van der Waals surface area contributed by atoms with Crippen LogP contribution < -0.4 is 10.2 Å². The highest BCUT2D eigenvalue weighted by Crippen LogP contribution is 2.24. The minimum absolute atomic E-state index is 0.0958. The lowest BCUT2D eigenvalue weighted by Crippen LogP contribution is -2.38. The summed E-state index contributed by atoms with van der Waals surface area (Å²) in [5.41, 5.74) is 2.97. The number of carbonyl (C=O) groups excluding carboxylic acids is 1. The van der Waals surface area contributed by atoms with Crippen molar-refractivity contribution in [3.63, 3.8) is 0 Å². The zero-order chi connectivity index (χ0) is 14.8. The van der Waals surface area contributed by atoms with E-state index in [1.807, 2.05) is 31.2 Å². The molecule has 0 bridgehead atoms. The van der Waals surface area contributed by atoms with Crippen LogP contribution in [-0.2, 0) is 11.3 Å². The summed E-state index contributed by atoms with van der Waals surface area (Å²) in [7, 11) is 0. The molecule has 2 heterocycles. The predicted octanol–water partition coefficient (Wildman–Crippen LogP) is 2.27. The van der Waals surface area contributed by atoms with E-state index in [4.69, 9.17) is 11.6 Å². The Morgan fingerprint density at radius 3 is 3.10 bits per heavy atom. The first-order valence-corrected chi connectivity index (χ1v) is 7.32. The third-order valence-electron chi connectivity index (χ3n) is 3.80. The molecule has 21 heavy (non-hydrogen) atoms. The van der Waals surface area contributed by atoms with Crippen molar-refractivity contribution in [3.05, 3.63) is 46.7 Å². The minimum Gasteiger partial charge on any atom is -0.311 e. The quantitative estimate of drug-likeness (QED) is 0.911. The van der Waals surface area contributed by atoms with Crippen molar-refractivity contribution in [2.24, 2.45) is 0 Å². The first-order chi connectivity index (χ1) is 10.1. The Balaban J connectivity index is 1.65. The predicted molar refractivity (Wildman–Crippen MR) is 82.4 cm³/mol. The lowest BCUT2D eigenvalue weighted by Gasteiger charge is -2.17. The third-order valence-corrected chi connectivity index (χ3v) is 4.03. The molecule has 3 rings (SSSR count). The van der Waals surface area contributed by atoms with Gasteiger partial charge in [0.05, 0.1) is 12.2 Å². The van der Waals surface area contributed by atoms with Gasteiger partial charge in [-0.3, -0.25) is 9.89 Å². The van der Waals surface area contributed by atoms with Crippen LogP contribution in [0.15, 0.2) is 30.5 Å². The number of aromatic nitrogens is 2. The molecule has 5 nitrogen and oxygen atoms in total. The number of amides is 1. The van der Waals surface area contributed by atoms with Crippen molar-refractivity contribution in [2.45, 2.75) is 25.9 Å². The number of nitrogens with one attached hydrogen (secondary N) is 2. The van der Waals surface area contributed by atoms with E-state index in [-0.39, 0.29) is 11.9 Å². The van der Waals surface area contributed by atoms with Gasteiger partial charge in [-0.25, -0.2) is 0 Å². The highest BCUT2D eigenvalue weighted by molar-refractivity contribution is 6.30. The van der Waals surface area contributed by atoms with Gasteiger partial charge in [-0.15, -0.1) is 0 Å². The summed E-state index contributed by atoms with van der Waals surface area (Å²) in [5.74, 6) is 0.0958. The van der Waals surface area contributed by atoms with Gasteiger partial charge in [0, 0.05) is 35.1 Å². The van der Waals surface area contributed by atoms with E-state index in [1.165, 1.54) is 0 Å². The second kappa shape index (κ2) is 5.87. The summed E-state index contributed by atoms with van der Waals surface area (Å²) in [6.07, 6.45) is 2.58. The number of rotatable bonds is 4. The summed E-state index contributed by atoms with van der Waals surface area (Å²) in [5, 5.41) is 10.8. The zero-order valence-electron chi connectivity index (χ0n) is 11.8. The van der Waals surface area contributed by atoms with E-state index < -0.39 is 0 Å². The van der Waals surface area contributed by atoms with Gasteiger partial charge in [0.2, 0.25) is 5.91 Å². The number of aromatic amines is 1. The number of halogens is 1. The van der Waals surface area contributed by atoms with Gasteiger partial charge in [0.25, 0.3) is 0 Å². The Morgan fingerprint density at radius 1 is 1.52 bits per heavy atom. The fourth-order valence-corrected chi connectivity index (χ4v) is 2.74. The van der Waals surface area contributed by atoms with Crippen LogP contribution in [0.5, 0.6) is 0 Å². The van der Waals surface area contributed by atoms with Gasteiger partial charge in [-0.05, 0) is 31.5 Å². The molecule has 0 spiro atoms. The fraction of sp³-hybridized carbons (Fsp3) is 0.333. The summed E-state index contributed by atoms with van der Waals surface area (Å²) in [6.45, 7) is 3.32. The summed E-state index contributed by atoms with van der Waals surface area (Å²) in [4.78, 5) is 14.2. The minimum atomic E-state index is -0.154. The second-order valence-corrected chi connectivity index (χ2v) is 5.65. The maximum Gasteiger partial charge on any atom is 0.244 e. The van der Waals surface area contributed by atoms with Crippen molar-refractivity contribution in [1.29, 1.82) is 0 Å². The molecule has 2 N–H and O–H groups in total. The standard InChI is InChI=1S/C15H17ClN4O/c1-10-11(9-18-19-10)8-17-14-5-6-20(15(14)21)13-4-2-3-12(16)7-13/h2-4,7,9,14,17H,5-6,8H2,1H3,(H,18,19)/t14-/m0/s1. The Kier molecular flexibility index (Phi) is 3.94. The number of hydrogen-bond acceptors (Lipinski definition) is 3. The van der Waals surface area contributed by atoms with Crippen molar-refractivity contribution in [1.82, 2.24) is 15.5 Å². The molecule has 1 fully saturated rings. The van der Waals surface area contributed by atoms with E-state index in [0.29, 0.717) is 18.1 Å². The second-order valence-electron chi connectivity index (χ2n) is 5.21. The molecular formula is C15H17ClN4O. The SMILES string of the molecule is Cc1[nH]ncc1CN[C@H]1CCN(c2cccc(Cl)c2)C1=O. The van der Waals surface area contributed by atoms with Crippen LogP contribution in [0.4, 0.5) is 5.69 Å². The molecule has 0 unspecified atom stereocenters. The molecule has 1 aliphatic rings. The highest BCUT2D eigenvalue weighted by atomic mass is 35.5. The van der Waals surface area contributed by atoms with Crippen molar-refractivity contribution < 1.29 is 4.79 Å². The molecular weight excluding hydrogens is 288 g/mol. The molecule has 1 saturated heterocycles. The topological polar surface area (TPSA) is 61.0 Å². The number of carbonyl (C=O) groups is 1. The number of nitrogens with zero attached hydrogens (tertiary/aromatic N) is 2. The number of benzene rings is 1. The third kappa shape index (κ3) is 2.94. The summed E-state index contributed by atoms with van der Waals surface area (Å²) >= 11 is 5.99. The number of anilines is 1. The van der Waals surface area contributed by atoms with Crippen LogP contribution in [0, 0.1) is 6.92 Å². The zero-order valence-corrected chi connectivity index (χ0v) is 12.5. The normalized spacial score (nSPS) is 18.5. The molecule has 0 radical (unpaired) electrons. The summed E-state index contributed by atoms with van der Waals surface area (Å²) < 4.78 is 0. The fourth-order valence-electron chi connectivity index (χ4n) is 2.56. The molecule has 1 aliphatic heterocycles. The first kappa shape index (κ1) is 14.1. The molecule has 0 saturated carbocycles. The van der Waals surface area contributed by atoms with E-state index in [9.17, 15) is 4.79 Å². The molecule has 1 aromatic heterocycles. The molecule has 6 heteroatoms. The largest absolute Gasteiger partial charge is 0.311 e. The molecule has 1 amide bonds. The van der Waals surface area contributed by atoms with Crippen LogP contribution >= 0.6 is 11.6 Å². The maximum absolute atomic E-state index is 12.5.